The third-order valence-electron chi connectivity index (χ3n) is 7.43. The number of hydrogen-bond donors (Lipinski definition) is 0. The van der Waals surface area contributed by atoms with Crippen molar-refractivity contribution in [2.45, 2.75) is 64.6 Å². The summed E-state index contributed by atoms with van der Waals surface area (Å²) in [5, 5.41) is 21.2. The molecule has 40 heavy (non-hydrogen) atoms. The zero-order valence-corrected chi connectivity index (χ0v) is 24.0. The van der Waals surface area contributed by atoms with Crippen molar-refractivity contribution < 1.29 is 14.1 Å². The van der Waals surface area contributed by atoms with E-state index in [1.165, 1.54) is 50.1 Å². The number of halogens is 2. The fourth-order valence-corrected chi connectivity index (χ4v) is 5.35. The second kappa shape index (κ2) is 10.4. The molecule has 11 heteroatoms. The maximum Gasteiger partial charge on any atom is 0.406 e. The van der Waals surface area contributed by atoms with Gasteiger partial charge in [0.1, 0.15) is 11.4 Å². The van der Waals surface area contributed by atoms with Crippen LogP contribution in [0.4, 0.5) is 10.2 Å². The van der Waals surface area contributed by atoms with Crippen molar-refractivity contribution in [3.8, 4) is 17.0 Å². The lowest BCUT2D eigenvalue weighted by Gasteiger charge is -2.28. The maximum absolute atomic E-state index is 14.7. The Morgan fingerprint density at radius 3 is 2.52 bits per heavy atom. The predicted molar refractivity (Wildman–Crippen MR) is 150 cm³/mol. The Hall–Kier alpha value is -3.60. The van der Waals surface area contributed by atoms with Crippen molar-refractivity contribution in [1.29, 1.82) is 0 Å². The Morgan fingerprint density at radius 1 is 1.10 bits per heavy atom. The standard InChI is InChI=1S/C29H30BrFN6O3/c1-29(2,40-26-10-22(30)13-32-28(26)37(38)39)25-11-23(31)7-8-24(25)27-21(17-36(34-27)15-19-5-6-19)9-20-12-33-35(16-20)14-18-3-4-18/h7-8,10-13,16-19H,3-6,9,14-15H2,1-2H3. The molecule has 0 saturated heterocycles. The predicted octanol–water partition coefficient (Wildman–Crippen LogP) is 6.68. The zero-order valence-electron chi connectivity index (χ0n) is 22.4. The average molecular weight is 610 g/mol. The van der Waals surface area contributed by atoms with Crippen molar-refractivity contribution in [3.63, 3.8) is 0 Å². The van der Waals surface area contributed by atoms with E-state index in [0.29, 0.717) is 27.9 Å². The SMILES string of the molecule is CC(C)(Oc1cc(Br)cnc1[N+](=O)[O-])c1cc(F)ccc1-c1nn(CC2CC2)cc1Cc1cnn(CC2CC2)c1. The Balaban J connectivity index is 1.38. The van der Waals surface area contributed by atoms with Crippen LogP contribution in [0, 0.1) is 27.8 Å². The van der Waals surface area contributed by atoms with Crippen LogP contribution < -0.4 is 4.74 Å². The maximum atomic E-state index is 14.7. The van der Waals surface area contributed by atoms with Gasteiger partial charge in [-0.25, -0.2) is 4.39 Å². The minimum atomic E-state index is -1.16. The normalized spacial score (nSPS) is 15.4. The molecule has 2 saturated carbocycles. The first-order chi connectivity index (χ1) is 19.1. The van der Waals surface area contributed by atoms with Crippen LogP contribution in [0.3, 0.4) is 0 Å². The summed E-state index contributed by atoms with van der Waals surface area (Å²) in [5.41, 5.74) is 2.92. The molecular formula is C29H30BrFN6O3. The molecule has 3 heterocycles. The molecule has 2 fully saturated rings. The van der Waals surface area contributed by atoms with E-state index in [0.717, 1.165) is 35.8 Å². The summed E-state index contributed by atoms with van der Waals surface area (Å²) in [4.78, 5) is 15.0. The van der Waals surface area contributed by atoms with E-state index in [2.05, 4.69) is 38.4 Å². The van der Waals surface area contributed by atoms with E-state index < -0.39 is 22.2 Å². The molecule has 2 aliphatic carbocycles. The first-order valence-electron chi connectivity index (χ1n) is 13.5. The first-order valence-corrected chi connectivity index (χ1v) is 14.3. The molecule has 0 amide bonds. The molecule has 0 aliphatic heterocycles. The molecule has 0 bridgehead atoms. The first kappa shape index (κ1) is 26.6. The lowest BCUT2D eigenvalue weighted by molar-refractivity contribution is -0.391. The van der Waals surface area contributed by atoms with Crippen LogP contribution in [0.15, 0.2) is 53.5 Å². The number of nitro groups is 1. The van der Waals surface area contributed by atoms with Gasteiger partial charge in [-0.05, 0) is 101 Å². The summed E-state index contributed by atoms with van der Waals surface area (Å²) < 4.78 is 25.5. The summed E-state index contributed by atoms with van der Waals surface area (Å²) in [7, 11) is 0. The highest BCUT2D eigenvalue weighted by Gasteiger charge is 2.33. The van der Waals surface area contributed by atoms with Crippen LogP contribution in [0.1, 0.15) is 56.2 Å². The number of aromatic nitrogens is 5. The van der Waals surface area contributed by atoms with Crippen molar-refractivity contribution in [3.05, 3.63) is 86.1 Å². The molecule has 4 aromatic rings. The second-order valence-electron chi connectivity index (χ2n) is 11.4. The number of hydrogen-bond acceptors (Lipinski definition) is 6. The van der Waals surface area contributed by atoms with Gasteiger partial charge in [0.25, 0.3) is 0 Å². The van der Waals surface area contributed by atoms with Crippen LogP contribution in [-0.4, -0.2) is 29.5 Å². The highest BCUT2D eigenvalue weighted by Crippen LogP contribution is 2.40. The number of benzene rings is 1. The van der Waals surface area contributed by atoms with Gasteiger partial charge in [-0.3, -0.25) is 9.36 Å². The van der Waals surface area contributed by atoms with Gasteiger partial charge in [0.15, 0.2) is 6.20 Å². The molecule has 3 aromatic heterocycles. The Labute approximate surface area is 239 Å². The Morgan fingerprint density at radius 2 is 1.82 bits per heavy atom. The molecule has 0 spiro atoms. The van der Waals surface area contributed by atoms with Crippen LogP contribution in [0.25, 0.3) is 11.3 Å². The summed E-state index contributed by atoms with van der Waals surface area (Å²) in [5.74, 6) is 0.496. The van der Waals surface area contributed by atoms with E-state index in [1.54, 1.807) is 19.9 Å². The third-order valence-corrected chi connectivity index (χ3v) is 7.86. The summed E-state index contributed by atoms with van der Waals surface area (Å²) in [6, 6.07) is 6.05. The lowest BCUT2D eigenvalue weighted by Crippen LogP contribution is -2.27. The fraction of sp³-hybridized carbons (Fsp3) is 0.414. The number of rotatable bonds is 11. The van der Waals surface area contributed by atoms with Crippen LogP contribution >= 0.6 is 15.9 Å². The average Bonchev–Trinajstić information content (AvgIpc) is 3.80. The van der Waals surface area contributed by atoms with Gasteiger partial charge >= 0.3 is 5.82 Å². The summed E-state index contributed by atoms with van der Waals surface area (Å²) in [6.45, 7) is 5.30. The van der Waals surface area contributed by atoms with E-state index in [1.807, 2.05) is 15.6 Å². The zero-order chi connectivity index (χ0) is 28.0. The van der Waals surface area contributed by atoms with Gasteiger partial charge in [0, 0.05) is 54.7 Å². The van der Waals surface area contributed by atoms with Crippen molar-refractivity contribution in [2.24, 2.45) is 11.8 Å². The van der Waals surface area contributed by atoms with Gasteiger partial charge in [-0.15, -0.1) is 0 Å². The fourth-order valence-electron chi connectivity index (χ4n) is 5.04. The Kier molecular flexibility index (Phi) is 6.93. The number of ether oxygens (including phenoxy) is 1. The molecule has 208 valence electrons. The van der Waals surface area contributed by atoms with Crippen molar-refractivity contribution >= 4 is 21.7 Å². The van der Waals surface area contributed by atoms with Gasteiger partial charge in [-0.1, -0.05) is 0 Å². The minimum absolute atomic E-state index is 0.0119. The van der Waals surface area contributed by atoms with E-state index in [9.17, 15) is 14.5 Å². The van der Waals surface area contributed by atoms with Crippen LogP contribution in [0.2, 0.25) is 0 Å². The van der Waals surface area contributed by atoms with E-state index in [-0.39, 0.29) is 5.75 Å². The topological polar surface area (TPSA) is 101 Å². The van der Waals surface area contributed by atoms with Crippen LogP contribution in [0.5, 0.6) is 5.75 Å². The minimum Gasteiger partial charge on any atom is -0.475 e. The summed E-state index contributed by atoms with van der Waals surface area (Å²) in [6.07, 6.45) is 13.0. The Bertz CT molecular complexity index is 1570. The largest absolute Gasteiger partial charge is 0.475 e. The highest BCUT2D eigenvalue weighted by atomic mass is 79.9. The van der Waals surface area contributed by atoms with Crippen LogP contribution in [-0.2, 0) is 25.1 Å². The molecule has 1 aromatic carbocycles. The smallest absolute Gasteiger partial charge is 0.406 e. The van der Waals surface area contributed by atoms with Gasteiger partial charge in [-0.2, -0.15) is 10.2 Å². The molecule has 6 rings (SSSR count). The molecule has 0 unspecified atom stereocenters. The molecule has 9 nitrogen and oxygen atoms in total. The lowest BCUT2D eigenvalue weighted by atomic mass is 9.89. The van der Waals surface area contributed by atoms with Gasteiger partial charge in [0.2, 0.25) is 5.75 Å². The molecule has 0 atom stereocenters. The highest BCUT2D eigenvalue weighted by molar-refractivity contribution is 9.10. The molecule has 0 radical (unpaired) electrons. The molecular weight excluding hydrogens is 579 g/mol. The van der Waals surface area contributed by atoms with Crippen molar-refractivity contribution in [2.75, 3.05) is 0 Å². The van der Waals surface area contributed by atoms with E-state index >= 15 is 0 Å². The number of nitrogens with zero attached hydrogens (tertiary/aromatic N) is 6. The monoisotopic (exact) mass is 608 g/mol. The molecule has 2 aliphatic rings. The summed E-state index contributed by atoms with van der Waals surface area (Å²) >= 11 is 3.31. The quantitative estimate of drug-likeness (QED) is 0.139. The van der Waals surface area contributed by atoms with E-state index in [4.69, 9.17) is 9.84 Å². The molecule has 0 N–H and O–H groups in total. The second-order valence-corrected chi connectivity index (χ2v) is 12.3. The van der Waals surface area contributed by atoms with Gasteiger partial charge in [0.05, 0.1) is 16.4 Å². The third kappa shape index (κ3) is 5.94. The van der Waals surface area contributed by atoms with Gasteiger partial charge < -0.3 is 14.9 Å². The van der Waals surface area contributed by atoms with Crippen molar-refractivity contribution in [1.82, 2.24) is 24.5 Å². The number of pyridine rings is 1.